The number of nitrogens with one attached hydrogen (secondary N) is 1. The fourth-order valence-corrected chi connectivity index (χ4v) is 2.46. The number of aromatic amines is 1. The Morgan fingerprint density at radius 1 is 1.48 bits per heavy atom. The van der Waals surface area contributed by atoms with Gasteiger partial charge < -0.3 is 14.8 Å². The molecule has 0 bridgehead atoms. The van der Waals surface area contributed by atoms with Gasteiger partial charge in [-0.05, 0) is 41.1 Å². The lowest BCUT2D eigenvalue weighted by Crippen LogP contribution is -2.20. The molecular weight excluding hydrogens is 340 g/mol. The van der Waals surface area contributed by atoms with Crippen molar-refractivity contribution in [2.24, 2.45) is 0 Å². The molecule has 0 aliphatic heterocycles. The van der Waals surface area contributed by atoms with Crippen molar-refractivity contribution in [2.45, 2.75) is 13.3 Å². The lowest BCUT2D eigenvalue weighted by Gasteiger charge is -2.08. The molecule has 2 N–H and O–H groups in total. The van der Waals surface area contributed by atoms with Crippen LogP contribution in [0.3, 0.4) is 0 Å². The molecule has 0 amide bonds. The van der Waals surface area contributed by atoms with Crippen molar-refractivity contribution in [3.8, 4) is 17.1 Å². The number of hydrogen-bond acceptors (Lipinski definition) is 4. The fourth-order valence-electron chi connectivity index (χ4n) is 1.92. The summed E-state index contributed by atoms with van der Waals surface area (Å²) in [6, 6.07) is 5.28. The van der Waals surface area contributed by atoms with E-state index >= 15 is 0 Å². The van der Waals surface area contributed by atoms with Crippen LogP contribution in [-0.2, 0) is 11.2 Å². The number of aryl methyl sites for hydroxylation is 1. The standard InChI is InChI=1S/C14H13BrN2O4/c1-7-9(6-12(18)19)14(20)17-13(16-7)8-3-4-11(21-2)10(15)5-8/h3-5H,6H2,1-2H3,(H,18,19)(H,16,17,20). The lowest BCUT2D eigenvalue weighted by atomic mass is 10.1. The first-order valence-electron chi connectivity index (χ1n) is 6.08. The zero-order valence-electron chi connectivity index (χ0n) is 11.4. The maximum Gasteiger partial charge on any atom is 0.308 e. The smallest absolute Gasteiger partial charge is 0.308 e. The van der Waals surface area contributed by atoms with E-state index < -0.39 is 11.5 Å². The highest BCUT2D eigenvalue weighted by molar-refractivity contribution is 9.10. The SMILES string of the molecule is COc1ccc(-c2nc(C)c(CC(=O)O)c(=O)[nH]2)cc1Br. The maximum atomic E-state index is 12.0. The quantitative estimate of drug-likeness (QED) is 0.879. The van der Waals surface area contributed by atoms with Gasteiger partial charge in [0.15, 0.2) is 0 Å². The van der Waals surface area contributed by atoms with Crippen LogP contribution in [0.15, 0.2) is 27.5 Å². The Labute approximate surface area is 128 Å². The van der Waals surface area contributed by atoms with E-state index in [2.05, 4.69) is 25.9 Å². The molecule has 2 aromatic rings. The number of benzene rings is 1. The molecule has 0 saturated heterocycles. The second kappa shape index (κ2) is 6.09. The molecule has 7 heteroatoms. The maximum absolute atomic E-state index is 12.0. The second-order valence-electron chi connectivity index (χ2n) is 4.40. The zero-order valence-corrected chi connectivity index (χ0v) is 13.0. The van der Waals surface area contributed by atoms with Gasteiger partial charge in [-0.15, -0.1) is 0 Å². The van der Waals surface area contributed by atoms with E-state index in [0.717, 1.165) is 4.47 Å². The van der Waals surface area contributed by atoms with Crippen LogP contribution in [-0.4, -0.2) is 28.2 Å². The largest absolute Gasteiger partial charge is 0.496 e. The molecular formula is C14H13BrN2O4. The van der Waals surface area contributed by atoms with E-state index in [9.17, 15) is 9.59 Å². The van der Waals surface area contributed by atoms with Gasteiger partial charge in [-0.1, -0.05) is 0 Å². The van der Waals surface area contributed by atoms with Crippen LogP contribution in [0, 0.1) is 6.92 Å². The summed E-state index contributed by atoms with van der Waals surface area (Å²) in [7, 11) is 1.56. The molecule has 0 radical (unpaired) electrons. The first-order chi connectivity index (χ1) is 9.92. The average Bonchev–Trinajstić information content (AvgIpc) is 2.42. The van der Waals surface area contributed by atoms with Crippen molar-refractivity contribution in [3.05, 3.63) is 44.3 Å². The number of H-pyrrole nitrogens is 1. The monoisotopic (exact) mass is 352 g/mol. The number of carboxylic acid groups (broad SMARTS) is 1. The van der Waals surface area contributed by atoms with Crippen molar-refractivity contribution in [3.63, 3.8) is 0 Å². The van der Waals surface area contributed by atoms with Crippen LogP contribution in [0.1, 0.15) is 11.3 Å². The molecule has 0 spiro atoms. The first kappa shape index (κ1) is 15.2. The van der Waals surface area contributed by atoms with Gasteiger partial charge >= 0.3 is 5.97 Å². The molecule has 21 heavy (non-hydrogen) atoms. The minimum absolute atomic E-state index is 0.166. The van der Waals surface area contributed by atoms with Crippen LogP contribution in [0.5, 0.6) is 5.75 Å². The van der Waals surface area contributed by atoms with Crippen molar-refractivity contribution < 1.29 is 14.6 Å². The molecule has 2 rings (SSSR count). The summed E-state index contributed by atoms with van der Waals surface area (Å²) in [6.07, 6.45) is -0.346. The number of methoxy groups -OCH3 is 1. The van der Waals surface area contributed by atoms with E-state index in [0.29, 0.717) is 22.8 Å². The average molecular weight is 353 g/mol. The number of ether oxygens (including phenoxy) is 1. The molecule has 0 saturated carbocycles. The zero-order chi connectivity index (χ0) is 15.6. The predicted octanol–water partition coefficient (Wildman–Crippen LogP) is 2.14. The summed E-state index contributed by atoms with van der Waals surface area (Å²) in [4.78, 5) is 29.6. The van der Waals surface area contributed by atoms with E-state index in [-0.39, 0.29) is 12.0 Å². The van der Waals surface area contributed by atoms with Gasteiger partial charge in [0.05, 0.1) is 18.0 Å². The second-order valence-corrected chi connectivity index (χ2v) is 5.25. The minimum Gasteiger partial charge on any atom is -0.496 e. The molecule has 0 fully saturated rings. The number of carboxylic acids is 1. The summed E-state index contributed by atoms with van der Waals surface area (Å²) in [5.41, 5.74) is 0.832. The van der Waals surface area contributed by atoms with Gasteiger partial charge in [0.25, 0.3) is 5.56 Å². The van der Waals surface area contributed by atoms with Crippen LogP contribution in [0.4, 0.5) is 0 Å². The number of carbonyl (C=O) groups is 1. The van der Waals surface area contributed by atoms with Crippen molar-refractivity contribution in [1.82, 2.24) is 9.97 Å². The summed E-state index contributed by atoms with van der Waals surface area (Å²) in [5, 5.41) is 8.80. The minimum atomic E-state index is -1.06. The summed E-state index contributed by atoms with van der Waals surface area (Å²) >= 11 is 3.37. The van der Waals surface area contributed by atoms with Crippen LogP contribution < -0.4 is 10.3 Å². The third-order valence-corrected chi connectivity index (χ3v) is 3.60. The van der Waals surface area contributed by atoms with Crippen LogP contribution >= 0.6 is 15.9 Å². The highest BCUT2D eigenvalue weighted by atomic mass is 79.9. The predicted molar refractivity (Wildman–Crippen MR) is 80.6 cm³/mol. The Hall–Kier alpha value is -2.15. The third kappa shape index (κ3) is 3.30. The highest BCUT2D eigenvalue weighted by Crippen LogP contribution is 2.28. The van der Waals surface area contributed by atoms with Crippen molar-refractivity contribution >= 4 is 21.9 Å². The molecule has 0 aliphatic rings. The molecule has 110 valence electrons. The topological polar surface area (TPSA) is 92.3 Å². The van der Waals surface area contributed by atoms with Gasteiger partial charge in [0.2, 0.25) is 0 Å². The van der Waals surface area contributed by atoms with E-state index in [1.54, 1.807) is 32.2 Å². The Morgan fingerprint density at radius 2 is 2.19 bits per heavy atom. The van der Waals surface area contributed by atoms with E-state index in [4.69, 9.17) is 9.84 Å². The highest BCUT2D eigenvalue weighted by Gasteiger charge is 2.13. The first-order valence-corrected chi connectivity index (χ1v) is 6.87. The Bertz CT molecular complexity index is 755. The summed E-state index contributed by atoms with van der Waals surface area (Å²) < 4.78 is 5.88. The molecule has 6 nitrogen and oxygen atoms in total. The van der Waals surface area contributed by atoms with Gasteiger partial charge in [-0.2, -0.15) is 0 Å². The van der Waals surface area contributed by atoms with E-state index in [1.165, 1.54) is 0 Å². The summed E-state index contributed by atoms with van der Waals surface area (Å²) in [6.45, 7) is 1.62. The number of hydrogen-bond donors (Lipinski definition) is 2. The number of halogens is 1. The van der Waals surface area contributed by atoms with Gasteiger partial charge in [-0.3, -0.25) is 9.59 Å². The van der Waals surface area contributed by atoms with Crippen molar-refractivity contribution in [1.29, 1.82) is 0 Å². The Balaban J connectivity index is 2.49. The molecule has 1 heterocycles. The summed E-state index contributed by atoms with van der Waals surface area (Å²) in [5.74, 6) is -0.0133. The number of aromatic nitrogens is 2. The van der Waals surface area contributed by atoms with Crippen LogP contribution in [0.2, 0.25) is 0 Å². The Kier molecular flexibility index (Phi) is 4.42. The van der Waals surface area contributed by atoms with Crippen LogP contribution in [0.25, 0.3) is 11.4 Å². The Morgan fingerprint density at radius 3 is 2.71 bits per heavy atom. The molecule has 0 unspecified atom stereocenters. The number of aliphatic carboxylic acids is 1. The lowest BCUT2D eigenvalue weighted by molar-refractivity contribution is -0.136. The van der Waals surface area contributed by atoms with Gasteiger partial charge in [0.1, 0.15) is 11.6 Å². The van der Waals surface area contributed by atoms with E-state index in [1.807, 2.05) is 0 Å². The molecule has 1 aromatic heterocycles. The number of rotatable bonds is 4. The van der Waals surface area contributed by atoms with Gasteiger partial charge in [0, 0.05) is 16.8 Å². The van der Waals surface area contributed by atoms with Crippen molar-refractivity contribution in [2.75, 3.05) is 7.11 Å². The molecule has 0 aliphatic carbocycles. The number of nitrogens with zero attached hydrogens (tertiary/aromatic N) is 1. The fraction of sp³-hybridized carbons (Fsp3) is 0.214. The molecule has 1 aromatic carbocycles. The third-order valence-electron chi connectivity index (χ3n) is 2.98. The normalized spacial score (nSPS) is 10.4. The molecule has 0 atom stereocenters. The van der Waals surface area contributed by atoms with Gasteiger partial charge in [-0.25, -0.2) is 4.98 Å².